The van der Waals surface area contributed by atoms with Gasteiger partial charge in [0.05, 0.1) is 18.1 Å². The fraction of sp³-hybridized carbons (Fsp3) is 0.333. The molecule has 9 heteroatoms. The number of carboxylic acid groups (broad SMARTS) is 1. The van der Waals surface area contributed by atoms with Gasteiger partial charge in [0.2, 0.25) is 0 Å². The summed E-state index contributed by atoms with van der Waals surface area (Å²) in [4.78, 5) is 34.7. The molecule has 2 rings (SSSR count). The zero-order valence-electron chi connectivity index (χ0n) is 10.7. The molecule has 1 heterocycles. The summed E-state index contributed by atoms with van der Waals surface area (Å²) in [6, 6.07) is 2.50. The summed E-state index contributed by atoms with van der Waals surface area (Å²) in [7, 11) is 0. The number of morpholine rings is 1. The lowest BCUT2D eigenvalue weighted by atomic mass is 10.1. The topological polar surface area (TPSA) is 110 Å². The van der Waals surface area contributed by atoms with E-state index in [1.807, 2.05) is 0 Å². The van der Waals surface area contributed by atoms with E-state index in [1.54, 1.807) is 0 Å². The van der Waals surface area contributed by atoms with Crippen LogP contribution >= 0.6 is 11.6 Å². The van der Waals surface area contributed by atoms with Crippen LogP contribution in [0, 0.1) is 10.1 Å². The Kier molecular flexibility index (Phi) is 4.39. The van der Waals surface area contributed by atoms with Crippen molar-refractivity contribution < 1.29 is 24.4 Å². The third-order valence-corrected chi connectivity index (χ3v) is 3.38. The van der Waals surface area contributed by atoms with Gasteiger partial charge in [-0.3, -0.25) is 14.9 Å². The van der Waals surface area contributed by atoms with E-state index in [9.17, 15) is 19.7 Å². The summed E-state index contributed by atoms with van der Waals surface area (Å²) < 4.78 is 5.04. The molecule has 0 saturated carbocycles. The summed E-state index contributed by atoms with van der Waals surface area (Å²) in [5.74, 6) is -1.79. The molecule has 21 heavy (non-hydrogen) atoms. The molecule has 1 aliphatic heterocycles. The predicted octanol–water partition coefficient (Wildman–Crippen LogP) is 1.17. The standard InChI is InChI=1S/C12H11ClN2O6/c13-8-2-1-7(5-9(8)15(19)20)11(16)14-3-4-21-6-10(14)12(17)18/h1-2,5,10H,3-4,6H2,(H,17,18). The molecule has 0 aromatic heterocycles. The molecule has 1 atom stereocenters. The quantitative estimate of drug-likeness (QED) is 0.662. The molecule has 0 radical (unpaired) electrons. The molecular formula is C12H11ClN2O6. The molecule has 1 fully saturated rings. The molecule has 1 saturated heterocycles. The largest absolute Gasteiger partial charge is 0.480 e. The van der Waals surface area contributed by atoms with Crippen LogP contribution in [0.4, 0.5) is 5.69 Å². The Labute approximate surface area is 124 Å². The van der Waals surface area contributed by atoms with Gasteiger partial charge in [0.1, 0.15) is 5.02 Å². The van der Waals surface area contributed by atoms with E-state index in [2.05, 4.69) is 0 Å². The summed E-state index contributed by atoms with van der Waals surface area (Å²) >= 11 is 5.68. The van der Waals surface area contributed by atoms with Gasteiger partial charge in [-0.15, -0.1) is 0 Å². The first kappa shape index (κ1) is 15.2. The van der Waals surface area contributed by atoms with Crippen LogP contribution in [0.25, 0.3) is 0 Å². The Bertz CT molecular complexity index is 605. The predicted molar refractivity (Wildman–Crippen MR) is 71.4 cm³/mol. The Morgan fingerprint density at radius 3 is 2.81 bits per heavy atom. The summed E-state index contributed by atoms with van der Waals surface area (Å²) in [6.07, 6.45) is 0. The van der Waals surface area contributed by atoms with Crippen molar-refractivity contribution >= 4 is 29.2 Å². The van der Waals surface area contributed by atoms with Gasteiger partial charge in [0, 0.05) is 18.2 Å². The normalized spacial score (nSPS) is 18.3. The van der Waals surface area contributed by atoms with Crippen LogP contribution in [0.3, 0.4) is 0 Å². The number of hydrogen-bond acceptors (Lipinski definition) is 5. The van der Waals surface area contributed by atoms with Crippen LogP contribution in [-0.4, -0.2) is 52.6 Å². The molecule has 1 N–H and O–H groups in total. The van der Waals surface area contributed by atoms with E-state index in [0.29, 0.717) is 0 Å². The first-order valence-electron chi connectivity index (χ1n) is 5.97. The molecular weight excluding hydrogens is 304 g/mol. The van der Waals surface area contributed by atoms with Crippen LogP contribution in [0.2, 0.25) is 5.02 Å². The fourth-order valence-electron chi connectivity index (χ4n) is 2.00. The van der Waals surface area contributed by atoms with Crippen molar-refractivity contribution in [2.24, 2.45) is 0 Å². The van der Waals surface area contributed by atoms with Crippen molar-refractivity contribution in [1.29, 1.82) is 0 Å². The van der Waals surface area contributed by atoms with Crippen LogP contribution in [0.1, 0.15) is 10.4 Å². The third-order valence-electron chi connectivity index (χ3n) is 3.06. The van der Waals surface area contributed by atoms with Gasteiger partial charge in [0.15, 0.2) is 6.04 Å². The Morgan fingerprint density at radius 2 is 2.19 bits per heavy atom. The molecule has 1 amide bonds. The fourth-order valence-corrected chi connectivity index (χ4v) is 2.19. The third kappa shape index (κ3) is 3.11. The highest BCUT2D eigenvalue weighted by molar-refractivity contribution is 6.32. The van der Waals surface area contributed by atoms with Gasteiger partial charge in [-0.25, -0.2) is 4.79 Å². The van der Waals surface area contributed by atoms with Gasteiger partial charge in [0.25, 0.3) is 11.6 Å². The molecule has 112 valence electrons. The van der Waals surface area contributed by atoms with E-state index in [0.717, 1.165) is 11.0 Å². The van der Waals surface area contributed by atoms with E-state index in [4.69, 9.17) is 21.4 Å². The van der Waals surface area contributed by atoms with Crippen molar-refractivity contribution in [1.82, 2.24) is 4.90 Å². The second-order valence-corrected chi connectivity index (χ2v) is 4.76. The number of aliphatic carboxylic acids is 1. The highest BCUT2D eigenvalue weighted by atomic mass is 35.5. The van der Waals surface area contributed by atoms with Crippen LogP contribution in [-0.2, 0) is 9.53 Å². The minimum absolute atomic E-state index is 0.0132. The molecule has 0 spiro atoms. The maximum absolute atomic E-state index is 12.3. The minimum Gasteiger partial charge on any atom is -0.480 e. The summed E-state index contributed by atoms with van der Waals surface area (Å²) in [5, 5.41) is 19.8. The number of hydrogen-bond donors (Lipinski definition) is 1. The van der Waals surface area contributed by atoms with Crippen LogP contribution in [0.5, 0.6) is 0 Å². The minimum atomic E-state index is -1.19. The van der Waals surface area contributed by atoms with Crippen molar-refractivity contribution in [2.45, 2.75) is 6.04 Å². The van der Waals surface area contributed by atoms with Gasteiger partial charge in [-0.05, 0) is 12.1 Å². The number of halogens is 1. The maximum Gasteiger partial charge on any atom is 0.328 e. The molecule has 1 unspecified atom stereocenters. The highest BCUT2D eigenvalue weighted by Crippen LogP contribution is 2.26. The molecule has 1 aromatic carbocycles. The van der Waals surface area contributed by atoms with Crippen molar-refractivity contribution in [3.63, 3.8) is 0 Å². The number of ether oxygens (including phenoxy) is 1. The molecule has 0 aliphatic carbocycles. The maximum atomic E-state index is 12.3. The van der Waals surface area contributed by atoms with Gasteiger partial charge in [-0.2, -0.15) is 0 Å². The highest BCUT2D eigenvalue weighted by Gasteiger charge is 2.33. The molecule has 8 nitrogen and oxygen atoms in total. The zero-order chi connectivity index (χ0) is 15.6. The average Bonchev–Trinajstić information content (AvgIpc) is 2.46. The van der Waals surface area contributed by atoms with Crippen molar-refractivity contribution in [3.05, 3.63) is 38.9 Å². The summed E-state index contributed by atoms with van der Waals surface area (Å²) in [5.41, 5.74) is -0.387. The SMILES string of the molecule is O=C(O)C1COCCN1C(=O)c1ccc(Cl)c([N+](=O)[O-])c1. The van der Waals surface area contributed by atoms with E-state index in [1.165, 1.54) is 12.1 Å². The Balaban J connectivity index is 2.32. The number of nitro groups is 1. The number of nitro benzene ring substituents is 1. The number of carbonyl (C=O) groups excluding carboxylic acids is 1. The molecule has 1 aliphatic rings. The zero-order valence-corrected chi connectivity index (χ0v) is 11.4. The number of carboxylic acids is 1. The van der Waals surface area contributed by atoms with Gasteiger partial charge in [-0.1, -0.05) is 11.6 Å². The second-order valence-electron chi connectivity index (χ2n) is 4.35. The average molecular weight is 315 g/mol. The lowest BCUT2D eigenvalue weighted by molar-refractivity contribution is -0.384. The van der Waals surface area contributed by atoms with Gasteiger partial charge < -0.3 is 14.7 Å². The smallest absolute Gasteiger partial charge is 0.328 e. The molecule has 0 bridgehead atoms. The number of nitrogens with zero attached hydrogens (tertiary/aromatic N) is 2. The second kappa shape index (κ2) is 6.06. The van der Waals surface area contributed by atoms with E-state index >= 15 is 0 Å². The van der Waals surface area contributed by atoms with Crippen molar-refractivity contribution in [3.8, 4) is 0 Å². The lowest BCUT2D eigenvalue weighted by Gasteiger charge is -2.32. The monoisotopic (exact) mass is 314 g/mol. The van der Waals surface area contributed by atoms with E-state index < -0.39 is 28.5 Å². The van der Waals surface area contributed by atoms with Crippen LogP contribution < -0.4 is 0 Å². The van der Waals surface area contributed by atoms with Crippen LogP contribution in [0.15, 0.2) is 18.2 Å². The summed E-state index contributed by atoms with van der Waals surface area (Å²) in [6.45, 7) is 0.203. The lowest BCUT2D eigenvalue weighted by Crippen LogP contribution is -2.52. The number of carbonyl (C=O) groups is 2. The van der Waals surface area contributed by atoms with E-state index in [-0.39, 0.29) is 30.3 Å². The Morgan fingerprint density at radius 1 is 1.48 bits per heavy atom. The number of amides is 1. The number of rotatable bonds is 3. The number of benzene rings is 1. The molecule has 1 aromatic rings. The first-order valence-corrected chi connectivity index (χ1v) is 6.35. The first-order chi connectivity index (χ1) is 9.91. The van der Waals surface area contributed by atoms with Gasteiger partial charge >= 0.3 is 5.97 Å². The Hall–Kier alpha value is -2.19. The van der Waals surface area contributed by atoms with Crippen molar-refractivity contribution in [2.75, 3.05) is 19.8 Å².